The molecule has 1 saturated heterocycles. The highest BCUT2D eigenvalue weighted by Gasteiger charge is 2.33. The molecule has 1 aliphatic heterocycles. The van der Waals surface area contributed by atoms with E-state index in [2.05, 4.69) is 10.3 Å². The maximum atomic E-state index is 11.1. The molecule has 1 aromatic rings. The van der Waals surface area contributed by atoms with Gasteiger partial charge in [0.05, 0.1) is 12.7 Å². The third-order valence-corrected chi connectivity index (χ3v) is 2.84. The van der Waals surface area contributed by atoms with Gasteiger partial charge in [-0.05, 0) is 0 Å². The topological polar surface area (TPSA) is 102 Å². The summed E-state index contributed by atoms with van der Waals surface area (Å²) in [6, 6.07) is 1.15. The summed E-state index contributed by atoms with van der Waals surface area (Å²) in [5.74, 6) is 0.424. The summed E-state index contributed by atoms with van der Waals surface area (Å²) in [5.41, 5.74) is 5.52. The Morgan fingerprint density at radius 2 is 2.53 bits per heavy atom. The van der Waals surface area contributed by atoms with E-state index in [1.54, 1.807) is 17.8 Å². The number of nitrogens with one attached hydrogen (secondary N) is 1. The number of rotatable bonds is 3. The highest BCUT2D eigenvalue weighted by atomic mass is 16.5. The minimum absolute atomic E-state index is 0.111. The molecular weight excluding hydrogens is 224 g/mol. The normalized spacial score (nSPS) is 28.3. The predicted octanol–water partition coefficient (Wildman–Crippen LogP) is -1.11. The molecule has 0 radical (unpaired) electrons. The van der Waals surface area contributed by atoms with Crippen molar-refractivity contribution in [3.05, 3.63) is 22.6 Å². The molecule has 0 aromatic carbocycles. The van der Waals surface area contributed by atoms with Gasteiger partial charge in [-0.25, -0.2) is 0 Å². The summed E-state index contributed by atoms with van der Waals surface area (Å²) < 4.78 is 7.30. The van der Waals surface area contributed by atoms with Gasteiger partial charge in [0.2, 0.25) is 5.95 Å². The lowest BCUT2D eigenvalue weighted by Gasteiger charge is -2.18. The lowest BCUT2D eigenvalue weighted by Crippen LogP contribution is -2.32. The van der Waals surface area contributed by atoms with Crippen molar-refractivity contribution in [2.24, 2.45) is 5.73 Å². The van der Waals surface area contributed by atoms with Crippen LogP contribution in [-0.4, -0.2) is 40.5 Å². The van der Waals surface area contributed by atoms with Crippen LogP contribution in [0.25, 0.3) is 0 Å². The summed E-state index contributed by atoms with van der Waals surface area (Å²) in [7, 11) is 1.68. The first-order chi connectivity index (χ1) is 8.15. The summed E-state index contributed by atoms with van der Waals surface area (Å²) in [5, 5.41) is 11.9. The average molecular weight is 240 g/mol. The Labute approximate surface area is 98.2 Å². The van der Waals surface area contributed by atoms with Gasteiger partial charge >= 0.3 is 0 Å². The zero-order chi connectivity index (χ0) is 12.4. The van der Waals surface area contributed by atoms with Crippen LogP contribution in [0.1, 0.15) is 12.6 Å². The molecule has 7 heteroatoms. The number of aliphatic hydroxyl groups excluding tert-OH is 1. The molecule has 1 fully saturated rings. The minimum Gasteiger partial charge on any atom is -0.394 e. The molecule has 94 valence electrons. The Balaban J connectivity index is 2.26. The summed E-state index contributed by atoms with van der Waals surface area (Å²) in [6.07, 6.45) is 1.50. The first-order valence-electron chi connectivity index (χ1n) is 5.44. The second kappa shape index (κ2) is 4.82. The minimum atomic E-state index is -0.371. The number of anilines is 1. The van der Waals surface area contributed by atoms with Gasteiger partial charge in [0, 0.05) is 31.8 Å². The van der Waals surface area contributed by atoms with Crippen molar-refractivity contribution in [1.82, 2.24) is 9.55 Å². The monoisotopic (exact) mass is 240 g/mol. The van der Waals surface area contributed by atoms with Crippen molar-refractivity contribution in [2.75, 3.05) is 19.0 Å². The van der Waals surface area contributed by atoms with E-state index >= 15 is 0 Å². The fraction of sp³-hybridized carbons (Fsp3) is 0.600. The van der Waals surface area contributed by atoms with Gasteiger partial charge in [-0.1, -0.05) is 0 Å². The predicted molar refractivity (Wildman–Crippen MR) is 61.6 cm³/mol. The van der Waals surface area contributed by atoms with Crippen molar-refractivity contribution in [1.29, 1.82) is 0 Å². The Hall–Kier alpha value is -1.44. The molecule has 2 heterocycles. The van der Waals surface area contributed by atoms with Crippen molar-refractivity contribution < 1.29 is 9.84 Å². The number of hydrogen-bond acceptors (Lipinski definition) is 6. The number of aromatic nitrogens is 2. The SMILES string of the molecule is CNc1nc(=O)ccn1[C@@H]1C[C@H](N)[C@@H](CO)O1. The van der Waals surface area contributed by atoms with Crippen LogP contribution in [-0.2, 0) is 4.74 Å². The molecule has 2 rings (SSSR count). The third kappa shape index (κ3) is 2.31. The summed E-state index contributed by atoms with van der Waals surface area (Å²) >= 11 is 0. The number of aliphatic hydroxyl groups is 1. The van der Waals surface area contributed by atoms with Crippen LogP contribution >= 0.6 is 0 Å². The van der Waals surface area contributed by atoms with Crippen LogP contribution in [0.5, 0.6) is 0 Å². The maximum absolute atomic E-state index is 11.1. The molecule has 0 spiro atoms. The summed E-state index contributed by atoms with van der Waals surface area (Å²) in [6.45, 7) is -0.111. The first-order valence-corrected chi connectivity index (χ1v) is 5.44. The smallest absolute Gasteiger partial charge is 0.274 e. The van der Waals surface area contributed by atoms with E-state index in [4.69, 9.17) is 15.6 Å². The van der Waals surface area contributed by atoms with Crippen LogP contribution in [0, 0.1) is 0 Å². The van der Waals surface area contributed by atoms with Gasteiger partial charge in [0.1, 0.15) is 6.23 Å². The van der Waals surface area contributed by atoms with E-state index in [1.807, 2.05) is 0 Å². The molecule has 0 saturated carbocycles. The van der Waals surface area contributed by atoms with Crippen LogP contribution in [0.3, 0.4) is 0 Å². The lowest BCUT2D eigenvalue weighted by molar-refractivity contribution is -0.0245. The van der Waals surface area contributed by atoms with Gasteiger partial charge in [-0.15, -0.1) is 0 Å². The molecule has 17 heavy (non-hydrogen) atoms. The molecule has 0 aliphatic carbocycles. The second-order valence-electron chi connectivity index (χ2n) is 3.96. The highest BCUT2D eigenvalue weighted by molar-refractivity contribution is 5.24. The van der Waals surface area contributed by atoms with Crippen molar-refractivity contribution in [3.8, 4) is 0 Å². The van der Waals surface area contributed by atoms with E-state index < -0.39 is 0 Å². The molecule has 1 aliphatic rings. The van der Waals surface area contributed by atoms with Crippen LogP contribution in [0.4, 0.5) is 5.95 Å². The molecule has 0 bridgehead atoms. The zero-order valence-corrected chi connectivity index (χ0v) is 9.54. The quantitative estimate of drug-likeness (QED) is 0.619. The van der Waals surface area contributed by atoms with Crippen molar-refractivity contribution in [2.45, 2.75) is 24.8 Å². The average Bonchev–Trinajstić information content (AvgIpc) is 2.70. The molecule has 1 aromatic heterocycles. The molecule has 0 unspecified atom stereocenters. The van der Waals surface area contributed by atoms with Gasteiger partial charge < -0.3 is 20.9 Å². The van der Waals surface area contributed by atoms with E-state index in [0.717, 1.165) is 0 Å². The molecule has 4 N–H and O–H groups in total. The third-order valence-electron chi connectivity index (χ3n) is 2.84. The number of hydrogen-bond donors (Lipinski definition) is 3. The number of nitrogens with two attached hydrogens (primary N) is 1. The van der Waals surface area contributed by atoms with Crippen LogP contribution in [0.15, 0.2) is 17.1 Å². The molecule has 3 atom stereocenters. The molecule has 0 amide bonds. The second-order valence-corrected chi connectivity index (χ2v) is 3.96. The highest BCUT2D eigenvalue weighted by Crippen LogP contribution is 2.28. The van der Waals surface area contributed by atoms with E-state index in [1.165, 1.54) is 6.07 Å². The molecule has 7 nitrogen and oxygen atoms in total. The number of ether oxygens (including phenoxy) is 1. The largest absolute Gasteiger partial charge is 0.394 e. The number of nitrogens with zero attached hydrogens (tertiary/aromatic N) is 2. The fourth-order valence-electron chi connectivity index (χ4n) is 1.93. The Kier molecular flexibility index (Phi) is 3.41. The zero-order valence-electron chi connectivity index (χ0n) is 9.54. The Morgan fingerprint density at radius 1 is 1.76 bits per heavy atom. The summed E-state index contributed by atoms with van der Waals surface area (Å²) in [4.78, 5) is 15.0. The Morgan fingerprint density at radius 3 is 3.12 bits per heavy atom. The van der Waals surface area contributed by atoms with Gasteiger partial charge in [-0.2, -0.15) is 4.98 Å². The van der Waals surface area contributed by atoms with Crippen LogP contribution in [0.2, 0.25) is 0 Å². The van der Waals surface area contributed by atoms with Gasteiger partial charge in [0.25, 0.3) is 5.56 Å². The first kappa shape index (κ1) is 12.0. The van der Waals surface area contributed by atoms with E-state index in [9.17, 15) is 4.79 Å². The van der Waals surface area contributed by atoms with Gasteiger partial charge in [-0.3, -0.25) is 9.36 Å². The van der Waals surface area contributed by atoms with Gasteiger partial charge in [0.15, 0.2) is 0 Å². The van der Waals surface area contributed by atoms with E-state index in [0.29, 0.717) is 12.4 Å². The maximum Gasteiger partial charge on any atom is 0.274 e. The standard InChI is InChI=1S/C10H16N4O3/c1-12-10-13-8(16)2-3-14(10)9-4-6(11)7(5-15)17-9/h2-3,6-7,9,15H,4-5,11H2,1H3,(H,12,13,16)/t6-,7+,9-/m0/s1. The van der Waals surface area contributed by atoms with Crippen molar-refractivity contribution >= 4 is 5.95 Å². The van der Waals surface area contributed by atoms with Crippen LogP contribution < -0.4 is 16.6 Å². The molecular formula is C10H16N4O3. The lowest BCUT2D eigenvalue weighted by atomic mass is 10.1. The van der Waals surface area contributed by atoms with Crippen molar-refractivity contribution in [3.63, 3.8) is 0 Å². The Bertz CT molecular complexity index is 447. The fourth-order valence-corrected chi connectivity index (χ4v) is 1.93. The van der Waals surface area contributed by atoms with E-state index in [-0.39, 0.29) is 30.5 Å².